The summed E-state index contributed by atoms with van der Waals surface area (Å²) in [5.41, 5.74) is 0.375. The highest BCUT2D eigenvalue weighted by atomic mass is 35.5. The number of alkyl halides is 1. The molecule has 1 saturated heterocycles. The molecule has 1 N–H and O–H groups in total. The molecule has 0 radical (unpaired) electrons. The number of likely N-dealkylation sites (tertiary alicyclic amines) is 1. The van der Waals surface area contributed by atoms with Crippen LogP contribution in [0.4, 0.5) is 4.39 Å². The first-order valence-corrected chi connectivity index (χ1v) is 9.29. The number of nitrogens with zero attached hydrogens (tertiary/aromatic N) is 1. The Morgan fingerprint density at radius 3 is 2.54 bits per heavy atom. The van der Waals surface area contributed by atoms with Crippen LogP contribution in [0.15, 0.2) is 54.6 Å². The van der Waals surface area contributed by atoms with Gasteiger partial charge in [-0.3, -0.25) is 9.69 Å². The van der Waals surface area contributed by atoms with E-state index in [-0.39, 0.29) is 12.5 Å². The normalized spacial score (nSPS) is 23.7. The second-order valence-corrected chi connectivity index (χ2v) is 7.39. The molecule has 26 heavy (non-hydrogen) atoms. The number of carboxylic acids is 1. The van der Waals surface area contributed by atoms with E-state index in [1.807, 2.05) is 30.3 Å². The maximum Gasteiger partial charge on any atom is 0.304 e. The van der Waals surface area contributed by atoms with Crippen LogP contribution in [0.3, 0.4) is 0 Å². The van der Waals surface area contributed by atoms with Crippen molar-refractivity contribution in [2.24, 2.45) is 0 Å². The monoisotopic (exact) mass is 375 g/mol. The van der Waals surface area contributed by atoms with Gasteiger partial charge in [-0.2, -0.15) is 0 Å². The molecule has 0 amide bonds. The fourth-order valence-corrected chi connectivity index (χ4v) is 3.87. The zero-order valence-corrected chi connectivity index (χ0v) is 15.3. The van der Waals surface area contributed by atoms with Gasteiger partial charge in [0.05, 0.1) is 6.42 Å². The Hall–Kier alpha value is -1.91. The molecule has 0 spiro atoms. The summed E-state index contributed by atoms with van der Waals surface area (Å²) in [6.45, 7) is 0.993. The first-order chi connectivity index (χ1) is 12.5. The lowest BCUT2D eigenvalue weighted by molar-refractivity contribution is -0.137. The quantitative estimate of drug-likeness (QED) is 0.796. The SMILES string of the molecule is O=C(O)CCN1CCC(F)(c2ccc(Cl)cc2)CC1Cc1ccccc1. The van der Waals surface area contributed by atoms with Crippen LogP contribution in [0.1, 0.15) is 30.4 Å². The minimum atomic E-state index is -1.41. The zero-order chi connectivity index (χ0) is 18.6. The molecule has 0 bridgehead atoms. The molecule has 1 heterocycles. The van der Waals surface area contributed by atoms with E-state index in [9.17, 15) is 4.79 Å². The average molecular weight is 376 g/mol. The molecule has 0 aromatic heterocycles. The van der Waals surface area contributed by atoms with Gasteiger partial charge in [0, 0.05) is 30.6 Å². The molecule has 2 atom stereocenters. The van der Waals surface area contributed by atoms with Crippen molar-refractivity contribution in [3.8, 4) is 0 Å². The number of aliphatic carboxylic acids is 1. The van der Waals surface area contributed by atoms with Crippen LogP contribution in [-0.2, 0) is 16.9 Å². The summed E-state index contributed by atoms with van der Waals surface area (Å²) in [7, 11) is 0. The number of halogens is 2. The lowest BCUT2D eigenvalue weighted by atomic mass is 9.80. The van der Waals surface area contributed by atoms with E-state index in [1.165, 1.54) is 0 Å². The molecule has 5 heteroatoms. The lowest BCUT2D eigenvalue weighted by Crippen LogP contribution is -2.49. The van der Waals surface area contributed by atoms with E-state index in [2.05, 4.69) is 4.90 Å². The molecular weight excluding hydrogens is 353 g/mol. The molecule has 2 aromatic carbocycles. The van der Waals surface area contributed by atoms with Crippen LogP contribution >= 0.6 is 11.6 Å². The van der Waals surface area contributed by atoms with Crippen LogP contribution < -0.4 is 0 Å². The Bertz CT molecular complexity index is 737. The largest absolute Gasteiger partial charge is 0.481 e. The van der Waals surface area contributed by atoms with Gasteiger partial charge in [0.1, 0.15) is 5.67 Å². The highest BCUT2D eigenvalue weighted by Gasteiger charge is 2.41. The Morgan fingerprint density at radius 1 is 1.19 bits per heavy atom. The number of piperidine rings is 1. The molecular formula is C21H23ClFNO2. The van der Waals surface area contributed by atoms with E-state index in [0.29, 0.717) is 42.9 Å². The van der Waals surface area contributed by atoms with E-state index in [0.717, 1.165) is 5.56 Å². The molecule has 2 aromatic rings. The molecule has 1 aliphatic heterocycles. The fourth-order valence-electron chi connectivity index (χ4n) is 3.74. The smallest absolute Gasteiger partial charge is 0.304 e. The average Bonchev–Trinajstić information content (AvgIpc) is 2.62. The Kier molecular flexibility index (Phi) is 5.94. The van der Waals surface area contributed by atoms with E-state index in [4.69, 9.17) is 16.7 Å². The van der Waals surface area contributed by atoms with Crippen LogP contribution in [-0.4, -0.2) is 35.1 Å². The van der Waals surface area contributed by atoms with Gasteiger partial charge in [0.15, 0.2) is 0 Å². The third kappa shape index (κ3) is 4.63. The highest BCUT2D eigenvalue weighted by Crippen LogP contribution is 2.40. The number of benzene rings is 2. The van der Waals surface area contributed by atoms with Gasteiger partial charge in [-0.25, -0.2) is 4.39 Å². The molecule has 1 fully saturated rings. The van der Waals surface area contributed by atoms with E-state index in [1.54, 1.807) is 24.3 Å². The molecule has 0 aliphatic carbocycles. The molecule has 2 unspecified atom stereocenters. The third-order valence-electron chi connectivity index (χ3n) is 5.16. The van der Waals surface area contributed by atoms with Crippen LogP contribution in [0, 0.1) is 0 Å². The number of hydrogen-bond donors (Lipinski definition) is 1. The first kappa shape index (κ1) is 18.9. The third-order valence-corrected chi connectivity index (χ3v) is 5.41. The van der Waals surface area contributed by atoms with Gasteiger partial charge >= 0.3 is 5.97 Å². The minimum absolute atomic E-state index is 0.0359. The van der Waals surface area contributed by atoms with E-state index >= 15 is 4.39 Å². The summed E-state index contributed by atoms with van der Waals surface area (Å²) in [4.78, 5) is 13.1. The van der Waals surface area contributed by atoms with Crippen molar-refractivity contribution in [1.29, 1.82) is 0 Å². The molecule has 0 saturated carbocycles. The van der Waals surface area contributed by atoms with Crippen LogP contribution in [0.5, 0.6) is 0 Å². The van der Waals surface area contributed by atoms with Gasteiger partial charge in [0.25, 0.3) is 0 Å². The number of hydrogen-bond acceptors (Lipinski definition) is 2. The molecule has 1 aliphatic rings. The van der Waals surface area contributed by atoms with Crippen molar-refractivity contribution < 1.29 is 14.3 Å². The maximum absolute atomic E-state index is 15.8. The van der Waals surface area contributed by atoms with Gasteiger partial charge in [-0.1, -0.05) is 54.1 Å². The Balaban J connectivity index is 1.80. The van der Waals surface area contributed by atoms with Gasteiger partial charge in [0.2, 0.25) is 0 Å². The number of carbonyl (C=O) groups is 1. The Morgan fingerprint density at radius 2 is 1.88 bits per heavy atom. The summed E-state index contributed by atoms with van der Waals surface area (Å²) in [5, 5.41) is 9.61. The summed E-state index contributed by atoms with van der Waals surface area (Å²) >= 11 is 5.94. The number of carboxylic acid groups (broad SMARTS) is 1. The van der Waals surface area contributed by atoms with Crippen molar-refractivity contribution in [3.05, 3.63) is 70.7 Å². The first-order valence-electron chi connectivity index (χ1n) is 8.91. The molecule has 3 nitrogen and oxygen atoms in total. The standard InChI is InChI=1S/C21H23ClFNO2/c22-18-8-6-17(7-9-18)21(23)11-13-24(12-10-20(25)26)19(15-21)14-16-4-2-1-3-5-16/h1-9,19H,10-15H2,(H,25,26). The molecule has 3 rings (SSSR count). The van der Waals surface area contributed by atoms with Crippen LogP contribution in [0.2, 0.25) is 5.02 Å². The topological polar surface area (TPSA) is 40.5 Å². The van der Waals surface area contributed by atoms with Crippen molar-refractivity contribution in [3.63, 3.8) is 0 Å². The zero-order valence-electron chi connectivity index (χ0n) is 14.6. The second kappa shape index (κ2) is 8.19. The second-order valence-electron chi connectivity index (χ2n) is 6.95. The summed E-state index contributed by atoms with van der Waals surface area (Å²) in [6.07, 6.45) is 1.49. The summed E-state index contributed by atoms with van der Waals surface area (Å²) in [6, 6.07) is 16.9. The summed E-state index contributed by atoms with van der Waals surface area (Å²) < 4.78 is 15.8. The van der Waals surface area contributed by atoms with Gasteiger partial charge < -0.3 is 5.11 Å². The van der Waals surface area contributed by atoms with Gasteiger partial charge in [-0.05, 0) is 36.1 Å². The predicted molar refractivity (Wildman–Crippen MR) is 101 cm³/mol. The predicted octanol–water partition coefficient (Wildman–Crippen LogP) is 4.69. The minimum Gasteiger partial charge on any atom is -0.481 e. The Labute approximate surface area is 158 Å². The fraction of sp³-hybridized carbons (Fsp3) is 0.381. The summed E-state index contributed by atoms with van der Waals surface area (Å²) in [5.74, 6) is -0.821. The van der Waals surface area contributed by atoms with Crippen molar-refractivity contribution >= 4 is 17.6 Å². The van der Waals surface area contributed by atoms with Crippen LogP contribution in [0.25, 0.3) is 0 Å². The maximum atomic E-state index is 15.8. The van der Waals surface area contributed by atoms with Gasteiger partial charge in [-0.15, -0.1) is 0 Å². The van der Waals surface area contributed by atoms with Crippen molar-refractivity contribution in [2.45, 2.75) is 37.4 Å². The highest BCUT2D eigenvalue weighted by molar-refractivity contribution is 6.30. The molecule has 138 valence electrons. The lowest BCUT2D eigenvalue weighted by Gasteiger charge is -2.43. The van der Waals surface area contributed by atoms with Crippen molar-refractivity contribution in [1.82, 2.24) is 4.90 Å². The van der Waals surface area contributed by atoms with E-state index < -0.39 is 11.6 Å². The van der Waals surface area contributed by atoms with Crippen molar-refractivity contribution in [2.75, 3.05) is 13.1 Å². The number of rotatable bonds is 6.